The number of nitrogens with zero attached hydrogens (tertiary/aromatic N) is 2. The molecule has 0 radical (unpaired) electrons. The van der Waals surface area contributed by atoms with Crippen LogP contribution in [-0.4, -0.2) is 44.3 Å². The van der Waals surface area contributed by atoms with Crippen molar-refractivity contribution in [2.75, 3.05) is 17.4 Å². The van der Waals surface area contributed by atoms with E-state index < -0.39 is 34.3 Å². The van der Waals surface area contributed by atoms with Crippen LogP contribution in [0.2, 0.25) is 0 Å². The monoisotopic (exact) mass is 553 g/mol. The van der Waals surface area contributed by atoms with Gasteiger partial charge in [-0.25, -0.2) is 12.8 Å². The number of para-hydroxylation sites is 1. The maximum absolute atomic E-state index is 15.0. The fourth-order valence-electron chi connectivity index (χ4n) is 3.93. The summed E-state index contributed by atoms with van der Waals surface area (Å²) in [4.78, 5) is 28.1. The van der Waals surface area contributed by atoms with E-state index in [9.17, 15) is 22.4 Å². The molecule has 0 aromatic heterocycles. The van der Waals surface area contributed by atoms with Crippen LogP contribution in [0.5, 0.6) is 0 Å². The number of halogens is 1. The minimum absolute atomic E-state index is 0.0723. The van der Waals surface area contributed by atoms with E-state index in [1.54, 1.807) is 19.1 Å². The van der Waals surface area contributed by atoms with Gasteiger partial charge in [0.1, 0.15) is 18.4 Å². The Labute approximate surface area is 230 Å². The molecule has 0 unspecified atom stereocenters. The van der Waals surface area contributed by atoms with Crippen LogP contribution in [0.15, 0.2) is 77.7 Å². The predicted molar refractivity (Wildman–Crippen MR) is 151 cm³/mol. The third-order valence-electron chi connectivity index (χ3n) is 6.33. The first-order valence-corrected chi connectivity index (χ1v) is 14.3. The number of hydrogen-bond donors (Lipinski definition) is 1. The van der Waals surface area contributed by atoms with Gasteiger partial charge in [0.2, 0.25) is 11.8 Å². The smallest absolute Gasteiger partial charge is 0.264 e. The van der Waals surface area contributed by atoms with E-state index in [1.807, 2.05) is 52.0 Å². The molecular weight excluding hydrogens is 517 g/mol. The first kappa shape index (κ1) is 29.8. The van der Waals surface area contributed by atoms with Crippen LogP contribution in [0.4, 0.5) is 10.1 Å². The summed E-state index contributed by atoms with van der Waals surface area (Å²) in [6, 6.07) is 18.1. The highest BCUT2D eigenvalue weighted by molar-refractivity contribution is 7.92. The van der Waals surface area contributed by atoms with Gasteiger partial charge in [0, 0.05) is 13.1 Å². The van der Waals surface area contributed by atoms with E-state index >= 15 is 0 Å². The average molecular weight is 554 g/mol. The minimum atomic E-state index is -4.32. The molecule has 0 saturated carbocycles. The molecule has 7 nitrogen and oxygen atoms in total. The number of sulfonamides is 1. The van der Waals surface area contributed by atoms with Gasteiger partial charge in [-0.1, -0.05) is 73.5 Å². The van der Waals surface area contributed by atoms with Gasteiger partial charge in [-0.3, -0.25) is 13.9 Å². The van der Waals surface area contributed by atoms with Crippen molar-refractivity contribution in [1.29, 1.82) is 0 Å². The van der Waals surface area contributed by atoms with Crippen molar-refractivity contribution < 1.29 is 22.4 Å². The zero-order chi connectivity index (χ0) is 28.7. The predicted octanol–water partition coefficient (Wildman–Crippen LogP) is 4.83. The van der Waals surface area contributed by atoms with Crippen molar-refractivity contribution in [1.82, 2.24) is 10.2 Å². The van der Waals surface area contributed by atoms with Gasteiger partial charge in [0.05, 0.1) is 10.6 Å². The molecule has 0 bridgehead atoms. The lowest BCUT2D eigenvalue weighted by molar-refractivity contribution is -0.139. The Morgan fingerprint density at radius 1 is 0.872 bits per heavy atom. The number of rotatable bonds is 11. The maximum Gasteiger partial charge on any atom is 0.264 e. The molecule has 39 heavy (non-hydrogen) atoms. The summed E-state index contributed by atoms with van der Waals surface area (Å²) in [6.07, 6.45) is 0. The fraction of sp³-hybridized carbons (Fsp3) is 0.333. The van der Waals surface area contributed by atoms with Crippen molar-refractivity contribution >= 4 is 27.5 Å². The van der Waals surface area contributed by atoms with Gasteiger partial charge in [0.15, 0.2) is 0 Å². The highest BCUT2D eigenvalue weighted by Gasteiger charge is 2.33. The molecule has 3 aromatic carbocycles. The minimum Gasteiger partial charge on any atom is -0.354 e. The molecule has 3 rings (SSSR count). The zero-order valence-corrected chi connectivity index (χ0v) is 23.8. The van der Waals surface area contributed by atoms with Crippen molar-refractivity contribution in [3.63, 3.8) is 0 Å². The first-order chi connectivity index (χ1) is 18.4. The van der Waals surface area contributed by atoms with Gasteiger partial charge in [-0.15, -0.1) is 0 Å². The van der Waals surface area contributed by atoms with E-state index in [0.29, 0.717) is 6.54 Å². The van der Waals surface area contributed by atoms with Crippen LogP contribution in [-0.2, 0) is 26.2 Å². The normalized spacial score (nSPS) is 12.2. The number of carbonyl (C=O) groups is 2. The standard InChI is InChI=1S/C30H36FN3O4S/c1-21(2)18-32-30(36)24(5)33(19-25-14-10-22(3)11-15-25)29(35)20-34(28-9-7-6-8-27(28)31)39(37,38)26-16-12-23(4)13-17-26/h6-17,21,24H,18-20H2,1-5H3,(H,32,36)/t24-/m0/s1. The lowest BCUT2D eigenvalue weighted by atomic mass is 10.1. The van der Waals surface area contributed by atoms with Crippen molar-refractivity contribution in [3.05, 3.63) is 95.3 Å². The lowest BCUT2D eigenvalue weighted by Gasteiger charge is -2.32. The quantitative estimate of drug-likeness (QED) is 0.369. The fourth-order valence-corrected chi connectivity index (χ4v) is 5.35. The van der Waals surface area contributed by atoms with Crippen LogP contribution in [0.1, 0.15) is 37.5 Å². The average Bonchev–Trinajstić information content (AvgIpc) is 2.90. The highest BCUT2D eigenvalue weighted by atomic mass is 32.2. The van der Waals surface area contributed by atoms with Gasteiger partial charge in [-0.2, -0.15) is 0 Å². The first-order valence-electron chi connectivity index (χ1n) is 12.9. The van der Waals surface area contributed by atoms with Gasteiger partial charge < -0.3 is 10.2 Å². The van der Waals surface area contributed by atoms with Crippen LogP contribution < -0.4 is 9.62 Å². The van der Waals surface area contributed by atoms with Crippen molar-refractivity contribution in [2.45, 2.75) is 52.1 Å². The summed E-state index contributed by atoms with van der Waals surface area (Å²) in [7, 11) is -4.32. The Morgan fingerprint density at radius 2 is 1.44 bits per heavy atom. The second-order valence-electron chi connectivity index (χ2n) is 10.1. The Bertz CT molecular complexity index is 1390. The second kappa shape index (κ2) is 12.9. The summed E-state index contributed by atoms with van der Waals surface area (Å²) < 4.78 is 43.2. The highest BCUT2D eigenvalue weighted by Crippen LogP contribution is 2.27. The third kappa shape index (κ3) is 7.66. The number of hydrogen-bond acceptors (Lipinski definition) is 4. The summed E-state index contributed by atoms with van der Waals surface area (Å²) in [5, 5.41) is 2.84. The molecule has 1 N–H and O–H groups in total. The van der Waals surface area contributed by atoms with Crippen LogP contribution >= 0.6 is 0 Å². The topological polar surface area (TPSA) is 86.8 Å². The second-order valence-corrected chi connectivity index (χ2v) is 12.0. The Kier molecular flexibility index (Phi) is 9.86. The molecule has 0 aliphatic rings. The molecule has 0 aliphatic heterocycles. The molecule has 208 valence electrons. The molecule has 0 heterocycles. The molecule has 0 fully saturated rings. The Hall–Kier alpha value is -3.72. The lowest BCUT2D eigenvalue weighted by Crippen LogP contribution is -2.51. The molecule has 0 saturated heterocycles. The van der Waals surface area contributed by atoms with E-state index in [1.165, 1.54) is 35.2 Å². The number of carbonyl (C=O) groups excluding carboxylic acids is 2. The maximum atomic E-state index is 15.0. The SMILES string of the molecule is Cc1ccc(CN(C(=O)CN(c2ccccc2F)S(=O)(=O)c2ccc(C)cc2)[C@@H](C)C(=O)NCC(C)C)cc1. The number of benzene rings is 3. The van der Waals surface area contributed by atoms with Gasteiger partial charge >= 0.3 is 0 Å². The molecule has 3 aromatic rings. The van der Waals surface area contributed by atoms with Crippen LogP contribution in [0.25, 0.3) is 0 Å². The number of anilines is 1. The van der Waals surface area contributed by atoms with Crippen molar-refractivity contribution in [3.8, 4) is 0 Å². The van der Waals surface area contributed by atoms with Gasteiger partial charge in [0.25, 0.3) is 10.0 Å². The largest absolute Gasteiger partial charge is 0.354 e. The van der Waals surface area contributed by atoms with Crippen molar-refractivity contribution in [2.24, 2.45) is 5.92 Å². The molecular formula is C30H36FN3O4S. The zero-order valence-electron chi connectivity index (χ0n) is 23.0. The summed E-state index contributed by atoms with van der Waals surface area (Å²) in [5.41, 5.74) is 2.41. The summed E-state index contributed by atoms with van der Waals surface area (Å²) in [6.45, 7) is 9.10. The summed E-state index contributed by atoms with van der Waals surface area (Å²) in [5.74, 6) is -1.57. The molecule has 0 aliphatic carbocycles. The summed E-state index contributed by atoms with van der Waals surface area (Å²) >= 11 is 0. The molecule has 2 amide bonds. The van der Waals surface area contributed by atoms with E-state index in [2.05, 4.69) is 5.32 Å². The van der Waals surface area contributed by atoms with E-state index in [0.717, 1.165) is 27.1 Å². The van der Waals surface area contributed by atoms with Crippen LogP contribution in [0.3, 0.4) is 0 Å². The number of amides is 2. The molecule has 9 heteroatoms. The van der Waals surface area contributed by atoms with E-state index in [-0.39, 0.29) is 29.0 Å². The number of aryl methyl sites for hydroxylation is 2. The third-order valence-corrected chi connectivity index (χ3v) is 8.11. The Morgan fingerprint density at radius 3 is 2.00 bits per heavy atom. The number of nitrogens with one attached hydrogen (secondary N) is 1. The van der Waals surface area contributed by atoms with Gasteiger partial charge in [-0.05, 0) is 56.5 Å². The molecule has 1 atom stereocenters. The molecule has 0 spiro atoms. The van der Waals surface area contributed by atoms with Crippen LogP contribution in [0, 0.1) is 25.6 Å². The van der Waals surface area contributed by atoms with E-state index in [4.69, 9.17) is 0 Å². The Balaban J connectivity index is 2.02.